The van der Waals surface area contributed by atoms with Crippen LogP contribution in [-0.4, -0.2) is 30.9 Å². The molecule has 0 radical (unpaired) electrons. The highest BCUT2D eigenvalue weighted by Crippen LogP contribution is 2.29. The Balaban J connectivity index is 2.50. The lowest BCUT2D eigenvalue weighted by Crippen LogP contribution is -2.38. The first-order chi connectivity index (χ1) is 10.6. The summed E-state index contributed by atoms with van der Waals surface area (Å²) in [6, 6.07) is 4.27. The molecule has 0 aliphatic heterocycles. The Bertz CT molecular complexity index is 536. The molecule has 1 atom stereocenters. The molecule has 0 heterocycles. The maximum atomic E-state index is 12.2. The smallest absolute Gasteiger partial charge is 0.407 e. The number of carbonyl (C=O) groups excluding carboxylic acids is 1. The Morgan fingerprint density at radius 3 is 2.52 bits per heavy atom. The lowest BCUT2D eigenvalue weighted by atomic mass is 10.2. The van der Waals surface area contributed by atoms with Gasteiger partial charge in [-0.25, -0.2) is 4.79 Å². The highest BCUT2D eigenvalue weighted by atomic mass is 35.5. The Morgan fingerprint density at radius 1 is 1.35 bits per heavy atom. The number of nitrogens with one attached hydrogen (secondary N) is 2. The monoisotopic (exact) mass is 350 g/mol. The number of hydrogen-bond donors (Lipinski definition) is 2. The van der Waals surface area contributed by atoms with Gasteiger partial charge in [-0.3, -0.25) is 0 Å². The molecule has 0 saturated heterocycles. The van der Waals surface area contributed by atoms with E-state index in [1.807, 2.05) is 6.92 Å². The van der Waals surface area contributed by atoms with Gasteiger partial charge in [0.05, 0.1) is 5.02 Å². The largest absolute Gasteiger partial charge is 0.444 e. The van der Waals surface area contributed by atoms with Crippen molar-refractivity contribution in [2.24, 2.45) is 0 Å². The molecule has 1 unspecified atom stereocenters. The maximum absolute atomic E-state index is 12.2. The van der Waals surface area contributed by atoms with E-state index in [1.165, 1.54) is 12.1 Å². The zero-order chi connectivity index (χ0) is 17.6. The molecule has 0 saturated carbocycles. The van der Waals surface area contributed by atoms with Gasteiger partial charge in [0.15, 0.2) is 0 Å². The standard InChI is InChI=1S/C15H21ClF2N2O3/c1-9(8-19-14(21)23-15(2,3)4)20-10-5-6-12(11(16)7-10)22-13(17)18/h5-7,9,13,20H,8H2,1-4H3,(H,19,21). The van der Waals surface area contributed by atoms with Gasteiger partial charge in [0.2, 0.25) is 0 Å². The van der Waals surface area contributed by atoms with Crippen molar-refractivity contribution in [3.05, 3.63) is 23.2 Å². The molecular weight excluding hydrogens is 330 g/mol. The van der Waals surface area contributed by atoms with Crippen LogP contribution < -0.4 is 15.4 Å². The predicted octanol–water partition coefficient (Wildman–Crippen LogP) is 4.27. The van der Waals surface area contributed by atoms with E-state index in [2.05, 4.69) is 15.4 Å². The van der Waals surface area contributed by atoms with Gasteiger partial charge in [0, 0.05) is 18.3 Å². The number of anilines is 1. The first kappa shape index (κ1) is 19.3. The van der Waals surface area contributed by atoms with Crippen LogP contribution in [0.4, 0.5) is 19.3 Å². The molecule has 1 rings (SSSR count). The third-order valence-corrected chi connectivity index (χ3v) is 2.81. The predicted molar refractivity (Wildman–Crippen MR) is 85.4 cm³/mol. The first-order valence-corrected chi connectivity index (χ1v) is 7.42. The van der Waals surface area contributed by atoms with Crippen molar-refractivity contribution < 1.29 is 23.0 Å². The van der Waals surface area contributed by atoms with Crippen molar-refractivity contribution in [1.82, 2.24) is 5.32 Å². The minimum atomic E-state index is -2.93. The second kappa shape index (κ2) is 8.19. The fraction of sp³-hybridized carbons (Fsp3) is 0.533. The molecule has 8 heteroatoms. The second-order valence-corrected chi connectivity index (χ2v) is 6.36. The van der Waals surface area contributed by atoms with E-state index in [0.29, 0.717) is 12.2 Å². The normalized spacial score (nSPS) is 12.7. The fourth-order valence-electron chi connectivity index (χ4n) is 1.67. The van der Waals surface area contributed by atoms with Crippen LogP contribution in [0.15, 0.2) is 18.2 Å². The third kappa shape index (κ3) is 7.88. The Labute approximate surface area is 139 Å². The molecule has 0 aliphatic carbocycles. The van der Waals surface area contributed by atoms with Crippen LogP contribution in [0, 0.1) is 0 Å². The molecule has 0 aromatic heterocycles. The van der Waals surface area contributed by atoms with Crippen molar-refractivity contribution >= 4 is 23.4 Å². The Morgan fingerprint density at radius 2 is 2.00 bits per heavy atom. The number of alkyl carbamates (subject to hydrolysis) is 1. The molecule has 0 aliphatic rings. The number of rotatable bonds is 6. The van der Waals surface area contributed by atoms with Crippen LogP contribution in [0.2, 0.25) is 5.02 Å². The topological polar surface area (TPSA) is 59.6 Å². The van der Waals surface area contributed by atoms with Gasteiger partial charge < -0.3 is 20.1 Å². The van der Waals surface area contributed by atoms with Gasteiger partial charge in [-0.1, -0.05) is 11.6 Å². The van der Waals surface area contributed by atoms with Crippen molar-refractivity contribution in [2.75, 3.05) is 11.9 Å². The van der Waals surface area contributed by atoms with Crippen LogP contribution >= 0.6 is 11.6 Å². The number of amides is 1. The van der Waals surface area contributed by atoms with Crippen LogP contribution in [-0.2, 0) is 4.74 Å². The van der Waals surface area contributed by atoms with Crippen molar-refractivity contribution in [1.29, 1.82) is 0 Å². The summed E-state index contributed by atoms with van der Waals surface area (Å²) in [4.78, 5) is 11.5. The van der Waals surface area contributed by atoms with Gasteiger partial charge in [-0.2, -0.15) is 8.78 Å². The fourth-order valence-corrected chi connectivity index (χ4v) is 1.89. The summed E-state index contributed by atoms with van der Waals surface area (Å²) in [6.45, 7) is 4.57. The summed E-state index contributed by atoms with van der Waals surface area (Å²) in [7, 11) is 0. The van der Waals surface area contributed by atoms with E-state index in [1.54, 1.807) is 26.8 Å². The number of carbonyl (C=O) groups is 1. The van der Waals surface area contributed by atoms with Crippen LogP contribution in [0.1, 0.15) is 27.7 Å². The van der Waals surface area contributed by atoms with E-state index in [-0.39, 0.29) is 16.8 Å². The van der Waals surface area contributed by atoms with E-state index in [4.69, 9.17) is 16.3 Å². The average molecular weight is 351 g/mol. The molecule has 5 nitrogen and oxygen atoms in total. The first-order valence-electron chi connectivity index (χ1n) is 7.04. The van der Waals surface area contributed by atoms with E-state index in [9.17, 15) is 13.6 Å². The summed E-state index contributed by atoms with van der Waals surface area (Å²) in [6.07, 6.45) is -0.509. The quantitative estimate of drug-likeness (QED) is 0.804. The number of ether oxygens (including phenoxy) is 2. The summed E-state index contributed by atoms with van der Waals surface area (Å²) in [5.41, 5.74) is 0.0598. The molecule has 23 heavy (non-hydrogen) atoms. The van der Waals surface area contributed by atoms with Gasteiger partial charge >= 0.3 is 12.7 Å². The Kier molecular flexibility index (Phi) is 6.87. The zero-order valence-corrected chi connectivity index (χ0v) is 14.2. The lowest BCUT2D eigenvalue weighted by Gasteiger charge is -2.21. The Hall–Kier alpha value is -1.76. The van der Waals surface area contributed by atoms with E-state index < -0.39 is 18.3 Å². The summed E-state index contributed by atoms with van der Waals surface area (Å²) in [5, 5.41) is 5.79. The molecule has 1 aromatic rings. The number of hydrogen-bond acceptors (Lipinski definition) is 4. The molecule has 0 spiro atoms. The lowest BCUT2D eigenvalue weighted by molar-refractivity contribution is -0.0497. The van der Waals surface area contributed by atoms with Crippen LogP contribution in [0.25, 0.3) is 0 Å². The van der Waals surface area contributed by atoms with Crippen molar-refractivity contribution in [2.45, 2.75) is 45.9 Å². The van der Waals surface area contributed by atoms with Crippen LogP contribution in [0.5, 0.6) is 5.75 Å². The highest BCUT2D eigenvalue weighted by molar-refractivity contribution is 6.32. The van der Waals surface area contributed by atoms with Gasteiger partial charge in [-0.05, 0) is 45.9 Å². The summed E-state index contributed by atoms with van der Waals surface area (Å²) in [5.74, 6) is -0.0910. The number of benzene rings is 1. The maximum Gasteiger partial charge on any atom is 0.407 e. The van der Waals surface area contributed by atoms with Gasteiger partial charge in [-0.15, -0.1) is 0 Å². The molecule has 1 amide bonds. The molecule has 0 fully saturated rings. The van der Waals surface area contributed by atoms with Crippen molar-refractivity contribution in [3.8, 4) is 5.75 Å². The van der Waals surface area contributed by atoms with Gasteiger partial charge in [0.1, 0.15) is 11.4 Å². The molecule has 2 N–H and O–H groups in total. The molecule has 1 aromatic carbocycles. The van der Waals surface area contributed by atoms with Crippen molar-refractivity contribution in [3.63, 3.8) is 0 Å². The third-order valence-electron chi connectivity index (χ3n) is 2.51. The number of alkyl halides is 2. The van der Waals surface area contributed by atoms with Crippen LogP contribution in [0.3, 0.4) is 0 Å². The highest BCUT2D eigenvalue weighted by Gasteiger charge is 2.16. The minimum absolute atomic E-state index is 0.0719. The average Bonchev–Trinajstić information content (AvgIpc) is 2.37. The minimum Gasteiger partial charge on any atom is -0.444 e. The molecule has 130 valence electrons. The molecular formula is C15H21ClF2N2O3. The number of halogens is 3. The van der Waals surface area contributed by atoms with E-state index >= 15 is 0 Å². The molecule has 0 bridgehead atoms. The zero-order valence-electron chi connectivity index (χ0n) is 13.5. The SMILES string of the molecule is CC(CNC(=O)OC(C)(C)C)Nc1ccc(OC(F)F)c(Cl)c1. The summed E-state index contributed by atoms with van der Waals surface area (Å²) < 4.78 is 33.7. The summed E-state index contributed by atoms with van der Waals surface area (Å²) >= 11 is 5.87. The van der Waals surface area contributed by atoms with E-state index in [0.717, 1.165) is 0 Å². The van der Waals surface area contributed by atoms with Gasteiger partial charge in [0.25, 0.3) is 0 Å². The second-order valence-electron chi connectivity index (χ2n) is 5.95.